The number of hydrogen-bond acceptors (Lipinski definition) is 3. The molecule has 1 amide bonds. The number of carbonyl (C=O) groups is 1. The van der Waals surface area contributed by atoms with Crippen LogP contribution in [0.25, 0.3) is 6.08 Å². The van der Waals surface area contributed by atoms with Crippen molar-refractivity contribution in [2.75, 3.05) is 17.7 Å². The molecule has 2 aromatic carbocycles. The number of nitrogens with one attached hydrogen (secondary N) is 1. The van der Waals surface area contributed by atoms with E-state index in [0.29, 0.717) is 23.6 Å². The van der Waals surface area contributed by atoms with E-state index < -0.39 is 17.5 Å². The maximum atomic E-state index is 13.4. The quantitative estimate of drug-likeness (QED) is 0.654. The largest absolute Gasteiger partial charge is 0.492 e. The maximum Gasteiger partial charge on any atom is 0.248 e. The number of anilines is 2. The van der Waals surface area contributed by atoms with Crippen molar-refractivity contribution in [3.63, 3.8) is 0 Å². The van der Waals surface area contributed by atoms with Crippen LogP contribution in [0.3, 0.4) is 0 Å². The highest BCUT2D eigenvalue weighted by molar-refractivity contribution is 6.02. The molecule has 0 saturated carbocycles. The average molecular weight is 318 g/mol. The van der Waals surface area contributed by atoms with Gasteiger partial charge in [0.1, 0.15) is 17.4 Å². The van der Waals surface area contributed by atoms with Crippen LogP contribution in [-0.4, -0.2) is 12.5 Å². The molecular formula is C17H16F2N2O2. The van der Waals surface area contributed by atoms with Gasteiger partial charge in [0.2, 0.25) is 5.91 Å². The van der Waals surface area contributed by atoms with E-state index >= 15 is 0 Å². The molecule has 0 fully saturated rings. The van der Waals surface area contributed by atoms with Gasteiger partial charge in [-0.25, -0.2) is 8.78 Å². The van der Waals surface area contributed by atoms with Crippen molar-refractivity contribution in [2.24, 2.45) is 0 Å². The van der Waals surface area contributed by atoms with Crippen LogP contribution in [0.5, 0.6) is 5.75 Å². The fourth-order valence-corrected chi connectivity index (χ4v) is 1.90. The predicted octanol–water partition coefficient (Wildman–Crippen LogP) is 3.60. The van der Waals surface area contributed by atoms with Gasteiger partial charge in [-0.3, -0.25) is 4.79 Å². The van der Waals surface area contributed by atoms with Crippen molar-refractivity contribution in [3.8, 4) is 5.75 Å². The monoisotopic (exact) mass is 318 g/mol. The lowest BCUT2D eigenvalue weighted by molar-refractivity contribution is -0.111. The highest BCUT2D eigenvalue weighted by Gasteiger charge is 2.06. The normalized spacial score (nSPS) is 10.7. The molecule has 3 N–H and O–H groups in total. The molecule has 0 spiro atoms. The summed E-state index contributed by atoms with van der Waals surface area (Å²) in [6.45, 7) is 2.35. The number of halogens is 2. The first-order valence-electron chi connectivity index (χ1n) is 6.96. The molecule has 0 atom stereocenters. The van der Waals surface area contributed by atoms with Gasteiger partial charge in [0.25, 0.3) is 0 Å². The number of carbonyl (C=O) groups excluding carboxylic acids is 1. The fourth-order valence-electron chi connectivity index (χ4n) is 1.90. The molecule has 0 bridgehead atoms. The molecule has 0 aliphatic carbocycles. The summed E-state index contributed by atoms with van der Waals surface area (Å²) in [5.41, 5.74) is 6.74. The molecule has 0 aliphatic rings. The van der Waals surface area contributed by atoms with Crippen LogP contribution < -0.4 is 15.8 Å². The Balaban J connectivity index is 2.06. The molecular weight excluding hydrogens is 302 g/mol. The number of hydrogen-bond donors (Lipinski definition) is 2. The van der Waals surface area contributed by atoms with Crippen LogP contribution >= 0.6 is 0 Å². The Bertz CT molecular complexity index is 745. The van der Waals surface area contributed by atoms with Crippen molar-refractivity contribution >= 4 is 23.4 Å². The summed E-state index contributed by atoms with van der Waals surface area (Å²) >= 11 is 0. The molecule has 23 heavy (non-hydrogen) atoms. The number of ether oxygens (including phenoxy) is 1. The molecule has 120 valence electrons. The first-order valence-corrected chi connectivity index (χ1v) is 6.96. The van der Waals surface area contributed by atoms with E-state index in [2.05, 4.69) is 5.32 Å². The van der Waals surface area contributed by atoms with Gasteiger partial charge in [-0.05, 0) is 42.8 Å². The van der Waals surface area contributed by atoms with Crippen LogP contribution in [0.1, 0.15) is 12.5 Å². The van der Waals surface area contributed by atoms with Crippen LogP contribution in [0.15, 0.2) is 42.5 Å². The predicted molar refractivity (Wildman–Crippen MR) is 86.0 cm³/mol. The third-order valence-corrected chi connectivity index (χ3v) is 2.95. The Morgan fingerprint density at radius 1 is 1.26 bits per heavy atom. The minimum Gasteiger partial charge on any atom is -0.492 e. The van der Waals surface area contributed by atoms with E-state index in [0.717, 1.165) is 18.2 Å². The van der Waals surface area contributed by atoms with Gasteiger partial charge in [-0.15, -0.1) is 0 Å². The van der Waals surface area contributed by atoms with Gasteiger partial charge in [0.15, 0.2) is 0 Å². The second-order valence-corrected chi connectivity index (χ2v) is 4.68. The minimum atomic E-state index is -0.710. The first kappa shape index (κ1) is 16.5. The first-order chi connectivity index (χ1) is 11.0. The minimum absolute atomic E-state index is 0.217. The van der Waals surface area contributed by atoms with E-state index in [1.165, 1.54) is 12.2 Å². The van der Waals surface area contributed by atoms with Crippen LogP contribution in [0, 0.1) is 11.6 Å². The van der Waals surface area contributed by atoms with E-state index in [9.17, 15) is 13.6 Å². The lowest BCUT2D eigenvalue weighted by Gasteiger charge is -2.07. The zero-order valence-corrected chi connectivity index (χ0v) is 12.5. The number of nitrogen functional groups attached to an aromatic ring is 1. The summed E-state index contributed by atoms with van der Waals surface area (Å²) in [6.07, 6.45) is 2.72. The van der Waals surface area contributed by atoms with Crippen molar-refractivity contribution in [1.82, 2.24) is 0 Å². The van der Waals surface area contributed by atoms with E-state index in [4.69, 9.17) is 10.5 Å². The summed E-state index contributed by atoms with van der Waals surface area (Å²) in [7, 11) is 0. The Morgan fingerprint density at radius 2 is 2.04 bits per heavy atom. The second-order valence-electron chi connectivity index (χ2n) is 4.68. The van der Waals surface area contributed by atoms with Crippen molar-refractivity contribution < 1.29 is 18.3 Å². The summed E-state index contributed by atoms with van der Waals surface area (Å²) in [5, 5.41) is 2.27. The van der Waals surface area contributed by atoms with E-state index in [1.807, 2.05) is 6.92 Å². The Labute approximate surface area is 132 Å². The zero-order chi connectivity index (χ0) is 16.8. The number of rotatable bonds is 5. The lowest BCUT2D eigenvalue weighted by Crippen LogP contribution is -2.09. The van der Waals surface area contributed by atoms with Crippen molar-refractivity contribution in [3.05, 3.63) is 59.7 Å². The van der Waals surface area contributed by atoms with Gasteiger partial charge in [-0.2, -0.15) is 0 Å². The fraction of sp³-hybridized carbons (Fsp3) is 0.118. The van der Waals surface area contributed by atoms with Crippen LogP contribution in [-0.2, 0) is 4.79 Å². The maximum absolute atomic E-state index is 13.4. The average Bonchev–Trinajstić information content (AvgIpc) is 2.51. The van der Waals surface area contributed by atoms with Gasteiger partial charge in [-0.1, -0.05) is 6.07 Å². The molecule has 4 nitrogen and oxygen atoms in total. The summed E-state index contributed by atoms with van der Waals surface area (Å²) in [5.74, 6) is -1.36. The zero-order valence-electron chi connectivity index (χ0n) is 12.5. The SMILES string of the molecule is CCOc1ccc(/C=C\C(=O)Nc2cc(F)ccc2F)cc1N. The Morgan fingerprint density at radius 3 is 2.74 bits per heavy atom. The number of amides is 1. The number of benzene rings is 2. The van der Waals surface area contributed by atoms with E-state index in [1.54, 1.807) is 18.2 Å². The molecule has 2 aromatic rings. The Hall–Kier alpha value is -2.89. The molecule has 0 heterocycles. The van der Waals surface area contributed by atoms with Crippen molar-refractivity contribution in [2.45, 2.75) is 6.92 Å². The van der Waals surface area contributed by atoms with Crippen LogP contribution in [0.2, 0.25) is 0 Å². The summed E-state index contributed by atoms with van der Waals surface area (Å²) in [4.78, 5) is 11.8. The molecule has 0 aliphatic heterocycles. The van der Waals surface area contributed by atoms with Gasteiger partial charge >= 0.3 is 0 Å². The summed E-state index contributed by atoms with van der Waals surface area (Å²) < 4.78 is 31.8. The number of nitrogens with two attached hydrogens (primary N) is 1. The second kappa shape index (κ2) is 7.40. The van der Waals surface area contributed by atoms with Gasteiger partial charge < -0.3 is 15.8 Å². The molecule has 0 radical (unpaired) electrons. The van der Waals surface area contributed by atoms with E-state index in [-0.39, 0.29) is 5.69 Å². The smallest absolute Gasteiger partial charge is 0.248 e. The lowest BCUT2D eigenvalue weighted by atomic mass is 10.1. The molecule has 2 rings (SSSR count). The third-order valence-electron chi connectivity index (χ3n) is 2.95. The highest BCUT2D eigenvalue weighted by atomic mass is 19.1. The molecule has 0 aromatic heterocycles. The summed E-state index contributed by atoms with van der Waals surface area (Å²) in [6, 6.07) is 7.91. The van der Waals surface area contributed by atoms with Gasteiger partial charge in [0.05, 0.1) is 18.0 Å². The van der Waals surface area contributed by atoms with Crippen LogP contribution in [0.4, 0.5) is 20.2 Å². The molecule has 6 heteroatoms. The highest BCUT2D eigenvalue weighted by Crippen LogP contribution is 2.23. The topological polar surface area (TPSA) is 64.3 Å². The third kappa shape index (κ3) is 4.54. The standard InChI is InChI=1S/C17H16F2N2O2/c1-2-23-16-7-3-11(9-14(16)20)4-8-17(22)21-15-10-12(18)5-6-13(15)19/h3-10H,2,20H2,1H3,(H,21,22)/b8-4-. The van der Waals surface area contributed by atoms with Crippen molar-refractivity contribution in [1.29, 1.82) is 0 Å². The Kier molecular flexibility index (Phi) is 5.30. The molecule has 0 saturated heterocycles. The molecule has 0 unspecified atom stereocenters. The van der Waals surface area contributed by atoms with Gasteiger partial charge in [0, 0.05) is 12.1 Å².